The molecule has 0 bridgehead atoms. The Labute approximate surface area is 97.8 Å². The fourth-order valence-corrected chi connectivity index (χ4v) is 3.44. The zero-order chi connectivity index (χ0) is 11.5. The van der Waals surface area contributed by atoms with Crippen LogP contribution in [0.15, 0.2) is 0 Å². The van der Waals surface area contributed by atoms with Crippen molar-refractivity contribution < 1.29 is 9.90 Å². The first-order valence-corrected chi connectivity index (χ1v) is 6.61. The standard InChI is InChI=1S/C13H23NO2/c1-2-5-14-8-10(9-15)6-11-7-12(16)3-4-13(11)14/h10-11,13,15H,2-9H2,1H3/t10-,11+,13+/m1/s1. The van der Waals surface area contributed by atoms with Crippen molar-refractivity contribution in [2.75, 3.05) is 19.7 Å². The highest BCUT2D eigenvalue weighted by molar-refractivity contribution is 5.79. The summed E-state index contributed by atoms with van der Waals surface area (Å²) in [6, 6.07) is 0.612. The van der Waals surface area contributed by atoms with Crippen molar-refractivity contribution >= 4 is 5.78 Å². The molecule has 3 nitrogen and oxygen atoms in total. The molecule has 92 valence electrons. The number of hydrogen-bond donors (Lipinski definition) is 1. The van der Waals surface area contributed by atoms with Gasteiger partial charge in [-0.3, -0.25) is 9.69 Å². The summed E-state index contributed by atoms with van der Waals surface area (Å²) in [5.74, 6) is 1.33. The zero-order valence-electron chi connectivity index (χ0n) is 10.2. The van der Waals surface area contributed by atoms with Gasteiger partial charge in [0.1, 0.15) is 5.78 Å². The largest absolute Gasteiger partial charge is 0.396 e. The average molecular weight is 225 g/mol. The average Bonchev–Trinajstić information content (AvgIpc) is 2.28. The van der Waals surface area contributed by atoms with Crippen molar-refractivity contribution in [2.45, 2.75) is 45.1 Å². The molecule has 16 heavy (non-hydrogen) atoms. The number of ketones is 1. The Hall–Kier alpha value is -0.410. The third-order valence-corrected chi connectivity index (χ3v) is 4.12. The summed E-state index contributed by atoms with van der Waals surface area (Å²) in [5.41, 5.74) is 0. The van der Waals surface area contributed by atoms with Crippen molar-refractivity contribution in [1.29, 1.82) is 0 Å². The second-order valence-corrected chi connectivity index (χ2v) is 5.39. The van der Waals surface area contributed by atoms with E-state index in [1.54, 1.807) is 0 Å². The van der Waals surface area contributed by atoms with Gasteiger partial charge in [0.05, 0.1) is 0 Å². The summed E-state index contributed by atoms with van der Waals surface area (Å²) < 4.78 is 0. The first-order chi connectivity index (χ1) is 7.74. The Morgan fingerprint density at radius 3 is 3.00 bits per heavy atom. The van der Waals surface area contributed by atoms with E-state index in [1.807, 2.05) is 0 Å². The van der Waals surface area contributed by atoms with Crippen molar-refractivity contribution in [3.63, 3.8) is 0 Å². The number of nitrogens with zero attached hydrogens (tertiary/aromatic N) is 1. The number of hydrogen-bond acceptors (Lipinski definition) is 3. The molecule has 1 aliphatic heterocycles. The summed E-state index contributed by atoms with van der Waals surface area (Å²) in [4.78, 5) is 14.0. The van der Waals surface area contributed by atoms with Gasteiger partial charge < -0.3 is 5.11 Å². The van der Waals surface area contributed by atoms with Crippen molar-refractivity contribution in [3.8, 4) is 0 Å². The van der Waals surface area contributed by atoms with Gasteiger partial charge in [-0.2, -0.15) is 0 Å². The second-order valence-electron chi connectivity index (χ2n) is 5.39. The molecule has 2 fully saturated rings. The van der Waals surface area contributed by atoms with Gasteiger partial charge in [-0.05, 0) is 37.6 Å². The van der Waals surface area contributed by atoms with E-state index in [9.17, 15) is 9.90 Å². The Kier molecular flexibility index (Phi) is 3.98. The molecule has 2 rings (SSSR count). The minimum atomic E-state index is 0.275. The van der Waals surface area contributed by atoms with Gasteiger partial charge in [-0.25, -0.2) is 0 Å². The molecule has 0 unspecified atom stereocenters. The van der Waals surface area contributed by atoms with E-state index in [2.05, 4.69) is 11.8 Å². The van der Waals surface area contributed by atoms with Crippen LogP contribution in [-0.4, -0.2) is 41.5 Å². The van der Waals surface area contributed by atoms with Gasteiger partial charge in [-0.1, -0.05) is 6.92 Å². The molecule has 1 saturated carbocycles. The summed E-state index contributed by atoms with van der Waals surface area (Å²) in [5, 5.41) is 9.32. The van der Waals surface area contributed by atoms with Crippen LogP contribution < -0.4 is 0 Å². The molecule has 1 saturated heterocycles. The lowest BCUT2D eigenvalue weighted by atomic mass is 9.74. The van der Waals surface area contributed by atoms with E-state index in [0.717, 1.165) is 45.2 Å². The van der Waals surface area contributed by atoms with Crippen LogP contribution >= 0.6 is 0 Å². The summed E-state index contributed by atoms with van der Waals surface area (Å²) >= 11 is 0. The third kappa shape index (κ3) is 2.46. The van der Waals surface area contributed by atoms with Crippen LogP contribution in [0.25, 0.3) is 0 Å². The van der Waals surface area contributed by atoms with E-state index in [4.69, 9.17) is 0 Å². The minimum absolute atomic E-state index is 0.275. The normalized spacial score (nSPS) is 36.1. The van der Waals surface area contributed by atoms with E-state index in [1.165, 1.54) is 0 Å². The molecule has 2 aliphatic rings. The molecule has 0 radical (unpaired) electrons. The van der Waals surface area contributed by atoms with Crippen LogP contribution in [0.4, 0.5) is 0 Å². The molecule has 0 aromatic rings. The maximum Gasteiger partial charge on any atom is 0.133 e. The molecule has 1 N–H and O–H groups in total. The van der Waals surface area contributed by atoms with Crippen molar-refractivity contribution in [1.82, 2.24) is 4.90 Å². The molecule has 3 atom stereocenters. The van der Waals surface area contributed by atoms with Crippen LogP contribution in [0.3, 0.4) is 0 Å². The lowest BCUT2D eigenvalue weighted by Gasteiger charge is -2.46. The van der Waals surface area contributed by atoms with E-state index in [0.29, 0.717) is 23.7 Å². The van der Waals surface area contributed by atoms with Crippen LogP contribution in [0.1, 0.15) is 39.0 Å². The molecule has 0 aromatic heterocycles. The second kappa shape index (κ2) is 5.28. The lowest BCUT2D eigenvalue weighted by molar-refractivity contribution is -0.125. The van der Waals surface area contributed by atoms with Crippen molar-refractivity contribution in [2.24, 2.45) is 11.8 Å². The van der Waals surface area contributed by atoms with Gasteiger partial charge in [0.2, 0.25) is 0 Å². The summed E-state index contributed by atoms with van der Waals surface area (Å²) in [6.45, 7) is 4.62. The molecule has 0 amide bonds. The van der Waals surface area contributed by atoms with Crippen LogP contribution in [0.2, 0.25) is 0 Å². The monoisotopic (exact) mass is 225 g/mol. The highest BCUT2D eigenvalue weighted by atomic mass is 16.3. The number of piperidine rings is 1. The molecule has 0 spiro atoms. The number of carbonyl (C=O) groups is 1. The summed E-state index contributed by atoms with van der Waals surface area (Å²) in [6.07, 6.45) is 4.77. The van der Waals surface area contributed by atoms with Crippen molar-refractivity contribution in [3.05, 3.63) is 0 Å². The van der Waals surface area contributed by atoms with Gasteiger partial charge >= 0.3 is 0 Å². The summed E-state index contributed by atoms with van der Waals surface area (Å²) in [7, 11) is 0. The van der Waals surface area contributed by atoms with Gasteiger partial charge in [0.25, 0.3) is 0 Å². The molecular formula is C13H23NO2. The Balaban J connectivity index is 2.04. The Bertz CT molecular complexity index is 254. The number of fused-ring (bicyclic) bond motifs is 1. The number of carbonyl (C=O) groups excluding carboxylic acids is 1. The Morgan fingerprint density at radius 2 is 2.31 bits per heavy atom. The number of likely N-dealkylation sites (tertiary alicyclic amines) is 1. The predicted octanol–water partition coefficient (Wildman–Crippen LogP) is 1.45. The maximum absolute atomic E-state index is 11.5. The topological polar surface area (TPSA) is 40.5 Å². The molecule has 1 aliphatic carbocycles. The minimum Gasteiger partial charge on any atom is -0.396 e. The number of Topliss-reactive ketones (excluding diaryl/α,β-unsaturated/α-hetero) is 1. The molecule has 1 heterocycles. The third-order valence-electron chi connectivity index (χ3n) is 4.12. The van der Waals surface area contributed by atoms with Gasteiger partial charge in [0, 0.05) is 32.0 Å². The van der Waals surface area contributed by atoms with Gasteiger partial charge in [0.15, 0.2) is 0 Å². The highest BCUT2D eigenvalue weighted by Crippen LogP contribution is 2.36. The van der Waals surface area contributed by atoms with Crippen LogP contribution in [0.5, 0.6) is 0 Å². The predicted molar refractivity (Wildman–Crippen MR) is 63.2 cm³/mol. The molecular weight excluding hydrogens is 202 g/mol. The number of aliphatic hydroxyl groups excluding tert-OH is 1. The lowest BCUT2D eigenvalue weighted by Crippen LogP contribution is -2.52. The molecule has 3 heteroatoms. The fraction of sp³-hybridized carbons (Fsp3) is 0.923. The van der Waals surface area contributed by atoms with Crippen LogP contribution in [-0.2, 0) is 4.79 Å². The first kappa shape index (κ1) is 12.1. The molecule has 0 aromatic carbocycles. The van der Waals surface area contributed by atoms with E-state index in [-0.39, 0.29) is 6.61 Å². The highest BCUT2D eigenvalue weighted by Gasteiger charge is 2.38. The maximum atomic E-state index is 11.5. The fourth-order valence-electron chi connectivity index (χ4n) is 3.44. The van der Waals surface area contributed by atoms with E-state index < -0.39 is 0 Å². The quantitative estimate of drug-likeness (QED) is 0.790. The SMILES string of the molecule is CCCN1C[C@H](CO)C[C@H]2CC(=O)CC[C@@H]21. The van der Waals surface area contributed by atoms with Gasteiger partial charge in [-0.15, -0.1) is 0 Å². The first-order valence-electron chi connectivity index (χ1n) is 6.61. The number of rotatable bonds is 3. The van der Waals surface area contributed by atoms with Crippen LogP contribution in [0, 0.1) is 11.8 Å². The van der Waals surface area contributed by atoms with E-state index >= 15 is 0 Å². The number of aliphatic hydroxyl groups is 1. The zero-order valence-corrected chi connectivity index (χ0v) is 10.2. The Morgan fingerprint density at radius 1 is 1.50 bits per heavy atom. The smallest absolute Gasteiger partial charge is 0.133 e.